The van der Waals surface area contributed by atoms with Gasteiger partial charge in [-0.1, -0.05) is 41.5 Å². The van der Waals surface area contributed by atoms with E-state index in [4.69, 9.17) is 22.3 Å². The number of aliphatic carboxylic acids is 2. The number of primary amides is 1. The number of carboxylic acids is 2. The van der Waals surface area contributed by atoms with Crippen LogP contribution in [0.25, 0.3) is 0 Å². The summed E-state index contributed by atoms with van der Waals surface area (Å²) >= 11 is 0. The second-order valence-corrected chi connectivity index (χ2v) is 15.9. The van der Waals surface area contributed by atoms with Gasteiger partial charge < -0.3 is 59.3 Å². The van der Waals surface area contributed by atoms with Gasteiger partial charge in [0.25, 0.3) is 0 Å². The lowest BCUT2D eigenvalue weighted by Gasteiger charge is -2.27. The third kappa shape index (κ3) is 22.5. The molecule has 0 aliphatic carbocycles. The molecule has 21 nitrogen and oxygen atoms in total. The third-order valence-electron chi connectivity index (χ3n) is 9.11. The second kappa shape index (κ2) is 27.5. The van der Waals surface area contributed by atoms with Crippen LogP contribution in [0.5, 0.6) is 0 Å². The summed E-state index contributed by atoms with van der Waals surface area (Å²) in [6.45, 7) is 11.6. The minimum Gasteiger partial charge on any atom is -0.481 e. The van der Waals surface area contributed by atoms with E-state index in [0.29, 0.717) is 25.8 Å². The molecule has 0 heterocycles. The number of amides is 7. The number of hydrogen-bond donors (Lipinski definition) is 11. The van der Waals surface area contributed by atoms with E-state index >= 15 is 0 Å². The zero-order chi connectivity index (χ0) is 45.6. The minimum absolute atomic E-state index is 0.0686. The van der Waals surface area contributed by atoms with Crippen LogP contribution in [-0.4, -0.2) is 119 Å². The lowest BCUT2D eigenvalue weighted by molar-refractivity contribution is -0.144. The Kier molecular flexibility index (Phi) is 25.1. The van der Waals surface area contributed by atoms with Gasteiger partial charge in [-0.3, -0.25) is 43.2 Å². The number of carboxylic acid groups (broad SMARTS) is 2. The summed E-state index contributed by atoms with van der Waals surface area (Å²) in [5, 5.41) is 33.1. The maximum Gasteiger partial charge on any atom is 0.326 e. The van der Waals surface area contributed by atoms with Crippen LogP contribution in [0.1, 0.15) is 106 Å². The fraction of sp³-hybridized carbons (Fsp3) is 0.737. The predicted octanol–water partition coefficient (Wildman–Crippen LogP) is -1.85. The van der Waals surface area contributed by atoms with Crippen LogP contribution in [-0.2, 0) is 47.9 Å². The van der Waals surface area contributed by atoms with Crippen LogP contribution < -0.4 is 49.1 Å². The highest BCUT2D eigenvalue weighted by atomic mass is 16.4. The molecule has 0 aromatic carbocycles. The molecule has 0 radical (unpaired) electrons. The fourth-order valence-corrected chi connectivity index (χ4v) is 5.81. The number of hydrogen-bond acceptors (Lipinski definition) is 12. The van der Waals surface area contributed by atoms with Crippen LogP contribution in [0.15, 0.2) is 0 Å². The van der Waals surface area contributed by atoms with Gasteiger partial charge in [0.15, 0.2) is 5.78 Å². The van der Waals surface area contributed by atoms with Gasteiger partial charge in [0, 0.05) is 18.8 Å². The molecule has 0 rings (SSSR count). The topological polar surface area (TPSA) is 361 Å². The van der Waals surface area contributed by atoms with Crippen LogP contribution in [0.4, 0.5) is 0 Å². The molecule has 59 heavy (non-hydrogen) atoms. The number of carbonyl (C=O) groups is 10. The van der Waals surface area contributed by atoms with Crippen molar-refractivity contribution in [2.24, 2.45) is 40.9 Å². The number of Topliss-reactive ketones (excluding diaryl/α,β-unsaturated/α-hetero) is 1. The summed E-state index contributed by atoms with van der Waals surface area (Å²) in [6, 6.07) is -7.40. The van der Waals surface area contributed by atoms with Gasteiger partial charge in [-0.25, -0.2) is 4.79 Å². The smallest absolute Gasteiger partial charge is 0.326 e. The molecule has 0 spiro atoms. The number of nitrogens with one attached hydrogen (secondary N) is 6. The van der Waals surface area contributed by atoms with Crippen LogP contribution in [0.2, 0.25) is 0 Å². The van der Waals surface area contributed by atoms with Gasteiger partial charge >= 0.3 is 11.9 Å². The molecule has 7 amide bonds. The lowest BCUT2D eigenvalue weighted by atomic mass is 9.86. The molecule has 14 N–H and O–H groups in total. The Morgan fingerprint density at radius 2 is 1.17 bits per heavy atom. The van der Waals surface area contributed by atoms with Crippen LogP contribution in [0, 0.1) is 23.7 Å². The van der Waals surface area contributed by atoms with Crippen molar-refractivity contribution in [3.05, 3.63) is 0 Å². The molecular formula is C38H67N9O12. The maximum atomic E-state index is 13.6. The van der Waals surface area contributed by atoms with E-state index in [-0.39, 0.29) is 37.5 Å². The molecule has 0 aromatic rings. The lowest BCUT2D eigenvalue weighted by Crippen LogP contribution is -2.56. The van der Waals surface area contributed by atoms with E-state index in [1.807, 2.05) is 13.8 Å². The van der Waals surface area contributed by atoms with Crippen molar-refractivity contribution < 1.29 is 58.2 Å². The summed E-state index contributed by atoms with van der Waals surface area (Å²) in [7, 11) is 0. The Bertz CT molecular complexity index is 1470. The number of ketones is 1. The number of nitrogens with two attached hydrogens (primary N) is 3. The Hall–Kier alpha value is -5.18. The van der Waals surface area contributed by atoms with Gasteiger partial charge in [-0.2, -0.15) is 0 Å². The molecule has 0 saturated heterocycles. The molecule has 7 atom stereocenters. The fourth-order valence-electron chi connectivity index (χ4n) is 5.81. The van der Waals surface area contributed by atoms with Crippen molar-refractivity contribution in [2.45, 2.75) is 143 Å². The average molecular weight is 842 g/mol. The third-order valence-corrected chi connectivity index (χ3v) is 9.11. The van der Waals surface area contributed by atoms with Crippen molar-refractivity contribution in [1.29, 1.82) is 0 Å². The molecule has 0 bridgehead atoms. The SMILES string of the molecule is CC(C)C[C@H](NC(=O)[C@H](C)NC(=O)[C@H](CCCCN)NC(=O)CNC(=O)[C@H](CC(N)=O)NC(=O)[C@@H](N)CC(C)C)C(=O)C[C@H](C(=O)N[C@@H](CCC(=O)O)C(=O)O)C(C)C. The van der Waals surface area contributed by atoms with Gasteiger partial charge in [0.1, 0.15) is 24.2 Å². The van der Waals surface area contributed by atoms with Crippen LogP contribution >= 0.6 is 0 Å². The molecule has 0 aromatic heterocycles. The van der Waals surface area contributed by atoms with Crippen molar-refractivity contribution >= 4 is 59.1 Å². The highest BCUT2D eigenvalue weighted by molar-refractivity contribution is 5.97. The number of rotatable bonds is 30. The zero-order valence-electron chi connectivity index (χ0n) is 35.3. The summed E-state index contributed by atoms with van der Waals surface area (Å²) in [6.07, 6.45) is -0.368. The average Bonchev–Trinajstić information content (AvgIpc) is 3.12. The van der Waals surface area contributed by atoms with Gasteiger partial charge in [-0.15, -0.1) is 0 Å². The quantitative estimate of drug-likeness (QED) is 0.0354. The molecule has 336 valence electrons. The molecule has 0 unspecified atom stereocenters. The second-order valence-electron chi connectivity index (χ2n) is 15.9. The Morgan fingerprint density at radius 1 is 0.593 bits per heavy atom. The van der Waals surface area contributed by atoms with E-state index < -0.39 is 127 Å². The summed E-state index contributed by atoms with van der Waals surface area (Å²) < 4.78 is 0. The standard InChI is InChI=1S/C38H67N9O12/c1-19(2)14-24(40)35(55)47-28(17-30(41)49)36(56)42-18-31(50)44-25(10-8-9-13-39)37(57)43-22(7)33(53)46-27(15-20(3)4)29(48)16-23(21(5)6)34(54)45-26(38(58)59)11-12-32(51)52/h19-28H,8-18,39-40H2,1-7H3,(H2,41,49)(H,42,56)(H,43,57)(H,44,50)(H,45,54)(H,46,53)(H,47,55)(H,51,52)(H,58,59)/t22-,23-,24-,25-,26-,27-,28-/m0/s1. The van der Waals surface area contributed by atoms with E-state index in [0.717, 1.165) is 0 Å². The molecule has 0 aliphatic rings. The maximum absolute atomic E-state index is 13.6. The summed E-state index contributed by atoms with van der Waals surface area (Å²) in [4.78, 5) is 126. The molecule has 0 saturated carbocycles. The first-order valence-electron chi connectivity index (χ1n) is 19.9. The molecule has 0 aliphatic heterocycles. The first-order valence-corrected chi connectivity index (χ1v) is 19.9. The van der Waals surface area contributed by atoms with Gasteiger partial charge in [0.05, 0.1) is 25.0 Å². The normalized spacial score (nSPS) is 14.8. The van der Waals surface area contributed by atoms with Crippen LogP contribution in [0.3, 0.4) is 0 Å². The zero-order valence-corrected chi connectivity index (χ0v) is 35.3. The first-order chi connectivity index (χ1) is 27.4. The summed E-state index contributed by atoms with van der Waals surface area (Å²) in [5.74, 6) is -10.3. The van der Waals surface area contributed by atoms with E-state index in [1.54, 1.807) is 27.7 Å². The highest BCUT2D eigenvalue weighted by Gasteiger charge is 2.34. The number of unbranched alkanes of at least 4 members (excludes halogenated alkanes) is 1. The Morgan fingerprint density at radius 3 is 1.68 bits per heavy atom. The Balaban J connectivity index is 5.80. The largest absolute Gasteiger partial charge is 0.481 e. The molecule has 0 fully saturated rings. The van der Waals surface area contributed by atoms with E-state index in [2.05, 4.69) is 31.9 Å². The van der Waals surface area contributed by atoms with Gasteiger partial charge in [0.2, 0.25) is 41.4 Å². The molecular weight excluding hydrogens is 774 g/mol. The number of carbonyl (C=O) groups excluding carboxylic acids is 8. The first kappa shape index (κ1) is 53.8. The van der Waals surface area contributed by atoms with Crippen molar-refractivity contribution in [1.82, 2.24) is 31.9 Å². The van der Waals surface area contributed by atoms with Crippen molar-refractivity contribution in [3.8, 4) is 0 Å². The summed E-state index contributed by atoms with van der Waals surface area (Å²) in [5.41, 5.74) is 16.7. The minimum atomic E-state index is -1.49. The highest BCUT2D eigenvalue weighted by Crippen LogP contribution is 2.20. The van der Waals surface area contributed by atoms with Crippen molar-refractivity contribution in [2.75, 3.05) is 13.1 Å². The predicted molar refractivity (Wildman–Crippen MR) is 214 cm³/mol. The van der Waals surface area contributed by atoms with Gasteiger partial charge in [-0.05, 0) is 69.7 Å². The Labute approximate surface area is 345 Å². The van der Waals surface area contributed by atoms with E-state index in [1.165, 1.54) is 6.92 Å². The van der Waals surface area contributed by atoms with E-state index in [9.17, 15) is 53.1 Å². The molecule has 21 heteroatoms. The monoisotopic (exact) mass is 841 g/mol. The van der Waals surface area contributed by atoms with Crippen molar-refractivity contribution in [3.63, 3.8) is 0 Å².